The van der Waals surface area contributed by atoms with Crippen molar-refractivity contribution < 1.29 is 9.53 Å². The number of nitrogens with zero attached hydrogens (tertiary/aromatic N) is 4. The minimum Gasteiger partial charge on any atom is -0.463 e. The Morgan fingerprint density at radius 1 is 1.17 bits per heavy atom. The lowest BCUT2D eigenvalue weighted by atomic mass is 9.89. The SMILES string of the molecule is CCOC(=O)C=Cc1c(C(CC)CC)nc2c(cnn2CC)c1-c1cncc(C)c1. The van der Waals surface area contributed by atoms with Crippen molar-refractivity contribution in [2.75, 3.05) is 6.61 Å². The van der Waals surface area contributed by atoms with Gasteiger partial charge in [-0.2, -0.15) is 5.10 Å². The van der Waals surface area contributed by atoms with Crippen LogP contribution in [0.15, 0.2) is 30.7 Å². The van der Waals surface area contributed by atoms with Gasteiger partial charge in [-0.15, -0.1) is 0 Å². The van der Waals surface area contributed by atoms with Crippen molar-refractivity contribution >= 4 is 23.1 Å². The summed E-state index contributed by atoms with van der Waals surface area (Å²) < 4.78 is 7.04. The van der Waals surface area contributed by atoms with Gasteiger partial charge in [-0.05, 0) is 51.3 Å². The molecule has 3 rings (SSSR count). The zero-order valence-electron chi connectivity index (χ0n) is 18.5. The fourth-order valence-corrected chi connectivity index (χ4v) is 3.85. The average Bonchev–Trinajstić information content (AvgIpc) is 3.15. The number of ether oxygens (including phenoxy) is 1. The minimum atomic E-state index is -0.356. The fraction of sp³-hybridized carbons (Fsp3) is 0.417. The first-order valence-electron chi connectivity index (χ1n) is 10.7. The highest BCUT2D eigenvalue weighted by Gasteiger charge is 2.22. The van der Waals surface area contributed by atoms with Crippen molar-refractivity contribution in [1.29, 1.82) is 0 Å². The summed E-state index contributed by atoms with van der Waals surface area (Å²) in [6.45, 7) is 11.3. The highest BCUT2D eigenvalue weighted by Crippen LogP contribution is 2.38. The van der Waals surface area contributed by atoms with Gasteiger partial charge in [0.15, 0.2) is 5.65 Å². The van der Waals surface area contributed by atoms with Crippen LogP contribution in [0.3, 0.4) is 0 Å². The quantitative estimate of drug-likeness (QED) is 0.375. The molecule has 30 heavy (non-hydrogen) atoms. The molecule has 0 N–H and O–H groups in total. The maximum Gasteiger partial charge on any atom is 0.330 e. The second kappa shape index (κ2) is 9.65. The van der Waals surface area contributed by atoms with Crippen LogP contribution in [0.5, 0.6) is 0 Å². The molecule has 0 aliphatic heterocycles. The summed E-state index contributed by atoms with van der Waals surface area (Å²) in [4.78, 5) is 21.6. The van der Waals surface area contributed by atoms with Gasteiger partial charge in [0.1, 0.15) is 0 Å². The van der Waals surface area contributed by atoms with Gasteiger partial charge >= 0.3 is 5.97 Å². The van der Waals surface area contributed by atoms with Crippen LogP contribution < -0.4 is 0 Å². The summed E-state index contributed by atoms with van der Waals surface area (Å²) in [6.07, 6.45) is 10.8. The summed E-state index contributed by atoms with van der Waals surface area (Å²) in [5.41, 5.74) is 5.87. The van der Waals surface area contributed by atoms with Crippen LogP contribution in [0.25, 0.3) is 28.2 Å². The lowest BCUT2D eigenvalue weighted by Gasteiger charge is -2.19. The van der Waals surface area contributed by atoms with E-state index in [0.717, 1.165) is 58.4 Å². The lowest BCUT2D eigenvalue weighted by molar-refractivity contribution is -0.137. The summed E-state index contributed by atoms with van der Waals surface area (Å²) in [7, 11) is 0. The molecule has 3 aromatic heterocycles. The number of rotatable bonds is 8. The monoisotopic (exact) mass is 406 g/mol. The van der Waals surface area contributed by atoms with Gasteiger partial charge in [0.05, 0.1) is 18.5 Å². The molecule has 158 valence electrons. The average molecular weight is 407 g/mol. The van der Waals surface area contributed by atoms with Crippen LogP contribution in [0.1, 0.15) is 63.3 Å². The number of aryl methyl sites for hydroxylation is 2. The van der Waals surface area contributed by atoms with Crippen LogP contribution in [0.4, 0.5) is 0 Å². The zero-order valence-corrected chi connectivity index (χ0v) is 18.5. The van der Waals surface area contributed by atoms with Gasteiger partial charge in [-0.25, -0.2) is 14.5 Å². The van der Waals surface area contributed by atoms with Crippen LogP contribution in [0.2, 0.25) is 0 Å². The number of fused-ring (bicyclic) bond motifs is 1. The van der Waals surface area contributed by atoms with Crippen molar-refractivity contribution in [3.05, 3.63) is 47.6 Å². The molecule has 0 saturated heterocycles. The molecule has 0 atom stereocenters. The molecule has 3 heterocycles. The smallest absolute Gasteiger partial charge is 0.330 e. The number of hydrogen-bond acceptors (Lipinski definition) is 5. The predicted molar refractivity (Wildman–Crippen MR) is 120 cm³/mol. The Balaban J connectivity index is 2.38. The second-order valence-corrected chi connectivity index (χ2v) is 7.33. The molecule has 0 bridgehead atoms. The Kier molecular flexibility index (Phi) is 6.98. The van der Waals surface area contributed by atoms with Crippen molar-refractivity contribution in [1.82, 2.24) is 19.7 Å². The molecule has 0 fully saturated rings. The van der Waals surface area contributed by atoms with E-state index < -0.39 is 0 Å². The third-order valence-corrected chi connectivity index (χ3v) is 5.36. The lowest BCUT2D eigenvalue weighted by Crippen LogP contribution is -2.08. The Morgan fingerprint density at radius 3 is 2.57 bits per heavy atom. The van der Waals surface area contributed by atoms with E-state index in [9.17, 15) is 4.79 Å². The molecule has 6 nitrogen and oxygen atoms in total. The maximum absolute atomic E-state index is 12.1. The van der Waals surface area contributed by atoms with E-state index in [1.807, 2.05) is 36.3 Å². The Labute approximate surface area is 178 Å². The molecular weight excluding hydrogens is 376 g/mol. The van der Waals surface area contributed by atoms with E-state index in [1.54, 1.807) is 6.92 Å². The van der Waals surface area contributed by atoms with E-state index in [4.69, 9.17) is 9.72 Å². The van der Waals surface area contributed by atoms with Gasteiger partial charge < -0.3 is 4.74 Å². The Morgan fingerprint density at radius 2 is 1.93 bits per heavy atom. The van der Waals surface area contributed by atoms with Crippen LogP contribution in [-0.4, -0.2) is 32.3 Å². The molecule has 0 aliphatic carbocycles. The molecule has 0 aliphatic rings. The molecule has 0 radical (unpaired) electrons. The topological polar surface area (TPSA) is 69.9 Å². The molecule has 0 spiro atoms. The fourth-order valence-electron chi connectivity index (χ4n) is 3.85. The molecule has 0 amide bonds. The number of pyridine rings is 2. The van der Waals surface area contributed by atoms with Crippen molar-refractivity contribution in [2.24, 2.45) is 0 Å². The molecule has 3 aromatic rings. The van der Waals surface area contributed by atoms with Gasteiger partial charge in [0.25, 0.3) is 0 Å². The molecular formula is C24H30N4O2. The molecule has 0 saturated carbocycles. The minimum absolute atomic E-state index is 0.271. The van der Waals surface area contributed by atoms with E-state index >= 15 is 0 Å². The first-order chi connectivity index (χ1) is 14.5. The zero-order chi connectivity index (χ0) is 21.7. The number of carbonyl (C=O) groups excluding carboxylic acids is 1. The predicted octanol–water partition coefficient (Wildman–Crippen LogP) is 5.30. The molecule has 0 unspecified atom stereocenters. The Bertz CT molecular complexity index is 1060. The summed E-state index contributed by atoms with van der Waals surface area (Å²) >= 11 is 0. The van der Waals surface area contributed by atoms with Crippen molar-refractivity contribution in [2.45, 2.75) is 59.9 Å². The molecule has 0 aromatic carbocycles. The maximum atomic E-state index is 12.1. The van der Waals surface area contributed by atoms with Gasteiger partial charge in [0.2, 0.25) is 0 Å². The van der Waals surface area contributed by atoms with Crippen molar-refractivity contribution in [3.63, 3.8) is 0 Å². The Hall–Kier alpha value is -3.02. The summed E-state index contributed by atoms with van der Waals surface area (Å²) in [6, 6.07) is 2.11. The highest BCUT2D eigenvalue weighted by molar-refractivity contribution is 5.99. The summed E-state index contributed by atoms with van der Waals surface area (Å²) in [5.74, 6) is -0.0846. The van der Waals surface area contributed by atoms with E-state index in [1.165, 1.54) is 6.08 Å². The van der Waals surface area contributed by atoms with Crippen LogP contribution >= 0.6 is 0 Å². The van der Waals surface area contributed by atoms with Gasteiger partial charge in [-0.1, -0.05) is 13.8 Å². The van der Waals surface area contributed by atoms with Gasteiger partial charge in [-0.3, -0.25) is 4.98 Å². The van der Waals surface area contributed by atoms with E-state index in [2.05, 4.69) is 36.9 Å². The number of aromatic nitrogens is 4. The largest absolute Gasteiger partial charge is 0.463 e. The van der Waals surface area contributed by atoms with Gasteiger partial charge in [0, 0.05) is 53.0 Å². The highest BCUT2D eigenvalue weighted by atomic mass is 16.5. The first-order valence-corrected chi connectivity index (χ1v) is 10.7. The number of carbonyl (C=O) groups is 1. The molecule has 6 heteroatoms. The van der Waals surface area contributed by atoms with Crippen LogP contribution in [0, 0.1) is 6.92 Å². The van der Waals surface area contributed by atoms with E-state index in [-0.39, 0.29) is 11.9 Å². The summed E-state index contributed by atoms with van der Waals surface area (Å²) in [5, 5.41) is 5.52. The third-order valence-electron chi connectivity index (χ3n) is 5.36. The number of hydrogen-bond donors (Lipinski definition) is 0. The van der Waals surface area contributed by atoms with E-state index in [0.29, 0.717) is 6.61 Å². The van der Waals surface area contributed by atoms with Crippen LogP contribution in [-0.2, 0) is 16.1 Å². The standard InChI is InChI=1S/C24H30N4O2/c1-6-17(7-2)23-19(10-11-21(29)30-9-4)22(18-12-16(5)13-25-14-18)20-15-26-28(8-3)24(20)27-23/h10-15,17H,6-9H2,1-5H3. The third kappa shape index (κ3) is 4.27. The van der Waals surface area contributed by atoms with Crippen molar-refractivity contribution in [3.8, 4) is 11.1 Å². The normalized spacial score (nSPS) is 11.7. The number of esters is 1. The second-order valence-electron chi connectivity index (χ2n) is 7.33. The first kappa shape index (κ1) is 21.7.